The van der Waals surface area contributed by atoms with Crippen LogP contribution >= 0.6 is 11.6 Å². The van der Waals surface area contributed by atoms with E-state index in [0.29, 0.717) is 23.9 Å². The molecule has 2 N–H and O–H groups in total. The summed E-state index contributed by atoms with van der Waals surface area (Å²) in [6, 6.07) is 8.64. The molecule has 0 saturated heterocycles. The fourth-order valence-electron chi connectivity index (χ4n) is 1.63. The average molecular weight is 294 g/mol. The highest BCUT2D eigenvalue weighted by molar-refractivity contribution is 6.31. The van der Waals surface area contributed by atoms with Gasteiger partial charge in [0.2, 0.25) is 0 Å². The molecule has 1 aromatic carbocycles. The zero-order valence-corrected chi connectivity index (χ0v) is 11.9. The van der Waals surface area contributed by atoms with Crippen molar-refractivity contribution in [2.45, 2.75) is 19.5 Å². The van der Waals surface area contributed by atoms with Gasteiger partial charge in [-0.05, 0) is 18.6 Å². The van der Waals surface area contributed by atoms with Crippen LogP contribution in [-0.2, 0) is 6.54 Å². The van der Waals surface area contributed by atoms with Gasteiger partial charge in [0.1, 0.15) is 12.4 Å². The van der Waals surface area contributed by atoms with Crippen LogP contribution in [0.15, 0.2) is 41.3 Å². The SMILES string of the molecule is CC(N)COc1cnn(Cc2ccccc2Cl)c(=O)c1. The molecule has 0 aliphatic carbocycles. The smallest absolute Gasteiger partial charge is 0.270 e. The molecule has 1 unspecified atom stereocenters. The molecule has 1 heterocycles. The molecule has 0 radical (unpaired) electrons. The highest BCUT2D eigenvalue weighted by atomic mass is 35.5. The summed E-state index contributed by atoms with van der Waals surface area (Å²) in [6.07, 6.45) is 1.50. The van der Waals surface area contributed by atoms with Crippen LogP contribution in [0.1, 0.15) is 12.5 Å². The zero-order valence-electron chi connectivity index (χ0n) is 11.1. The number of aromatic nitrogens is 2. The minimum absolute atomic E-state index is 0.0967. The van der Waals surface area contributed by atoms with Gasteiger partial charge in [-0.3, -0.25) is 4.79 Å². The molecule has 0 bridgehead atoms. The number of rotatable bonds is 5. The van der Waals surface area contributed by atoms with Crippen molar-refractivity contribution in [1.82, 2.24) is 9.78 Å². The summed E-state index contributed by atoms with van der Waals surface area (Å²) in [7, 11) is 0. The summed E-state index contributed by atoms with van der Waals surface area (Å²) in [6.45, 7) is 2.49. The number of hydrogen-bond acceptors (Lipinski definition) is 4. The van der Waals surface area contributed by atoms with E-state index in [-0.39, 0.29) is 11.6 Å². The molecule has 1 atom stereocenters. The van der Waals surface area contributed by atoms with Gasteiger partial charge >= 0.3 is 0 Å². The minimum atomic E-state index is -0.243. The molecule has 2 aromatic rings. The van der Waals surface area contributed by atoms with E-state index in [9.17, 15) is 4.79 Å². The predicted octanol–water partition coefficient (Wildman–Crippen LogP) is 1.67. The second-order valence-electron chi connectivity index (χ2n) is 4.57. The first-order chi connectivity index (χ1) is 9.56. The number of benzene rings is 1. The lowest BCUT2D eigenvalue weighted by molar-refractivity contribution is 0.293. The van der Waals surface area contributed by atoms with Crippen molar-refractivity contribution in [2.75, 3.05) is 6.61 Å². The molecule has 5 nitrogen and oxygen atoms in total. The van der Waals surface area contributed by atoms with Crippen LogP contribution in [0.25, 0.3) is 0 Å². The quantitative estimate of drug-likeness (QED) is 0.910. The van der Waals surface area contributed by atoms with Crippen LogP contribution in [0, 0.1) is 0 Å². The van der Waals surface area contributed by atoms with Gasteiger partial charge in [-0.15, -0.1) is 0 Å². The van der Waals surface area contributed by atoms with Crippen molar-refractivity contribution in [3.63, 3.8) is 0 Å². The average Bonchev–Trinajstić information content (AvgIpc) is 2.41. The lowest BCUT2D eigenvalue weighted by Crippen LogP contribution is -2.26. The Kier molecular flexibility index (Phi) is 4.76. The fourth-order valence-corrected chi connectivity index (χ4v) is 1.83. The topological polar surface area (TPSA) is 70.1 Å². The predicted molar refractivity (Wildman–Crippen MR) is 78.2 cm³/mol. The van der Waals surface area contributed by atoms with Crippen molar-refractivity contribution in [3.05, 3.63) is 57.5 Å². The number of nitrogens with zero attached hydrogens (tertiary/aromatic N) is 2. The number of halogens is 1. The van der Waals surface area contributed by atoms with E-state index in [1.165, 1.54) is 16.9 Å². The van der Waals surface area contributed by atoms with E-state index in [4.69, 9.17) is 22.1 Å². The van der Waals surface area contributed by atoms with Crippen LogP contribution < -0.4 is 16.0 Å². The molecule has 1 aromatic heterocycles. The Bertz CT molecular complexity index is 640. The molecule has 20 heavy (non-hydrogen) atoms. The lowest BCUT2D eigenvalue weighted by atomic mass is 10.2. The normalized spacial score (nSPS) is 12.2. The van der Waals surface area contributed by atoms with Gasteiger partial charge in [0.25, 0.3) is 5.56 Å². The molecule has 0 aliphatic rings. The Morgan fingerprint density at radius 2 is 2.20 bits per heavy atom. The van der Waals surface area contributed by atoms with E-state index in [1.807, 2.05) is 25.1 Å². The van der Waals surface area contributed by atoms with Gasteiger partial charge in [0.05, 0.1) is 12.7 Å². The van der Waals surface area contributed by atoms with Gasteiger partial charge in [-0.1, -0.05) is 29.8 Å². The lowest BCUT2D eigenvalue weighted by Gasteiger charge is -2.10. The van der Waals surface area contributed by atoms with Crippen molar-refractivity contribution in [3.8, 4) is 5.75 Å². The maximum Gasteiger partial charge on any atom is 0.270 e. The highest BCUT2D eigenvalue weighted by Gasteiger charge is 2.05. The summed E-state index contributed by atoms with van der Waals surface area (Å²) in [5.41, 5.74) is 6.18. The standard InChI is InChI=1S/C14H16ClN3O2/c1-10(16)9-20-12-6-14(19)18(17-7-12)8-11-4-2-3-5-13(11)15/h2-7,10H,8-9,16H2,1H3. The third-order valence-corrected chi connectivity index (χ3v) is 3.00. The Labute approximate surface area is 121 Å². The maximum atomic E-state index is 11.9. The third kappa shape index (κ3) is 3.82. The summed E-state index contributed by atoms with van der Waals surface area (Å²) in [4.78, 5) is 11.9. The van der Waals surface area contributed by atoms with E-state index < -0.39 is 0 Å². The molecule has 2 rings (SSSR count). The molecule has 0 spiro atoms. The van der Waals surface area contributed by atoms with Crippen LogP contribution in [0.4, 0.5) is 0 Å². The summed E-state index contributed by atoms with van der Waals surface area (Å²) in [5, 5.41) is 4.68. The molecule has 0 saturated carbocycles. The Balaban J connectivity index is 2.14. The van der Waals surface area contributed by atoms with Gasteiger partial charge in [0.15, 0.2) is 0 Å². The van der Waals surface area contributed by atoms with Crippen molar-refractivity contribution in [2.24, 2.45) is 5.73 Å². The molecule has 0 fully saturated rings. The first-order valence-corrected chi connectivity index (χ1v) is 6.63. The molecular weight excluding hydrogens is 278 g/mol. The van der Waals surface area contributed by atoms with E-state index >= 15 is 0 Å². The van der Waals surface area contributed by atoms with Crippen LogP contribution in [0.5, 0.6) is 5.75 Å². The summed E-state index contributed by atoms with van der Waals surface area (Å²) >= 11 is 6.06. The molecule has 106 valence electrons. The Hall–Kier alpha value is -1.85. The monoisotopic (exact) mass is 293 g/mol. The fraction of sp³-hybridized carbons (Fsp3) is 0.286. The Morgan fingerprint density at radius 3 is 2.85 bits per heavy atom. The van der Waals surface area contributed by atoms with Crippen molar-refractivity contribution >= 4 is 11.6 Å². The first-order valence-electron chi connectivity index (χ1n) is 6.25. The summed E-state index contributed by atoms with van der Waals surface area (Å²) in [5.74, 6) is 0.419. The number of ether oxygens (including phenoxy) is 1. The molecule has 0 aliphatic heterocycles. The van der Waals surface area contributed by atoms with E-state index in [0.717, 1.165) is 5.56 Å². The van der Waals surface area contributed by atoms with Crippen LogP contribution in [0.3, 0.4) is 0 Å². The number of nitrogens with two attached hydrogens (primary N) is 1. The van der Waals surface area contributed by atoms with E-state index in [1.54, 1.807) is 6.07 Å². The van der Waals surface area contributed by atoms with Crippen molar-refractivity contribution in [1.29, 1.82) is 0 Å². The molecular formula is C14H16ClN3O2. The largest absolute Gasteiger partial charge is 0.490 e. The first kappa shape index (κ1) is 14.6. The molecule has 0 amide bonds. The van der Waals surface area contributed by atoms with Gasteiger partial charge in [-0.2, -0.15) is 5.10 Å². The van der Waals surface area contributed by atoms with Gasteiger partial charge in [-0.25, -0.2) is 4.68 Å². The second kappa shape index (κ2) is 6.54. The minimum Gasteiger partial charge on any atom is -0.490 e. The third-order valence-electron chi connectivity index (χ3n) is 2.64. The van der Waals surface area contributed by atoms with E-state index in [2.05, 4.69) is 5.10 Å². The maximum absolute atomic E-state index is 11.9. The van der Waals surface area contributed by atoms with Gasteiger partial charge < -0.3 is 10.5 Å². The molecule has 6 heteroatoms. The van der Waals surface area contributed by atoms with Crippen molar-refractivity contribution < 1.29 is 4.74 Å². The highest BCUT2D eigenvalue weighted by Crippen LogP contribution is 2.15. The summed E-state index contributed by atoms with van der Waals surface area (Å²) < 4.78 is 6.68. The zero-order chi connectivity index (χ0) is 14.5. The van der Waals surface area contributed by atoms with Crippen LogP contribution in [-0.4, -0.2) is 22.4 Å². The number of hydrogen-bond donors (Lipinski definition) is 1. The Morgan fingerprint density at radius 1 is 1.45 bits per heavy atom. The second-order valence-corrected chi connectivity index (χ2v) is 4.97. The van der Waals surface area contributed by atoms with Gasteiger partial charge in [0, 0.05) is 17.1 Å². The van der Waals surface area contributed by atoms with Crippen LogP contribution in [0.2, 0.25) is 5.02 Å².